The first kappa shape index (κ1) is 19.1. The predicted molar refractivity (Wildman–Crippen MR) is 83.7 cm³/mol. The van der Waals surface area contributed by atoms with Crippen molar-refractivity contribution in [2.24, 2.45) is 11.8 Å². The van der Waals surface area contributed by atoms with Crippen LogP contribution in [0.25, 0.3) is 0 Å². The van der Waals surface area contributed by atoms with Crippen LogP contribution in [0.1, 0.15) is 0 Å². The lowest BCUT2D eigenvalue weighted by atomic mass is 9.82. The monoisotopic (exact) mass is 406 g/mol. The van der Waals surface area contributed by atoms with Crippen molar-refractivity contribution in [3.8, 4) is 0 Å². The summed E-state index contributed by atoms with van der Waals surface area (Å²) in [6.45, 7) is 0. The summed E-state index contributed by atoms with van der Waals surface area (Å²) < 4.78 is 20.4. The number of fused-ring (bicyclic) bond motifs is 2. The molecule has 0 amide bonds. The average Bonchev–Trinajstić information content (AvgIpc) is 2.81. The van der Waals surface area contributed by atoms with Crippen molar-refractivity contribution < 1.29 is 28.5 Å². The summed E-state index contributed by atoms with van der Waals surface area (Å²) in [7, 11) is 4.80. The third kappa shape index (κ3) is 1.85. The van der Waals surface area contributed by atoms with Crippen LogP contribution >= 0.6 is 46.4 Å². The Labute approximate surface area is 152 Å². The maximum absolute atomic E-state index is 12.3. The zero-order chi connectivity index (χ0) is 17.8. The van der Waals surface area contributed by atoms with Gasteiger partial charge in [-0.1, -0.05) is 23.2 Å². The summed E-state index contributed by atoms with van der Waals surface area (Å²) in [5.41, 5.74) is 0. The topological polar surface area (TPSA) is 71.1 Å². The van der Waals surface area contributed by atoms with E-state index >= 15 is 0 Å². The number of esters is 2. The molecule has 2 aliphatic rings. The third-order valence-corrected chi connectivity index (χ3v) is 7.08. The number of ether oxygens (including phenoxy) is 4. The SMILES string of the molecule is COC(=O)[C@@H]1[C@@H](C(=O)OC)[C@@]2(Cl)C(Cl)=C(Cl)[C@]1(Cl)C2(OC)OC. The molecule has 1 saturated carbocycles. The zero-order valence-electron chi connectivity index (χ0n) is 12.6. The van der Waals surface area contributed by atoms with Crippen LogP contribution in [-0.2, 0) is 28.5 Å². The summed E-state index contributed by atoms with van der Waals surface area (Å²) in [5, 5.41) is -0.287. The first-order valence-electron chi connectivity index (χ1n) is 6.35. The van der Waals surface area contributed by atoms with Gasteiger partial charge in [-0.15, -0.1) is 23.2 Å². The molecule has 0 heterocycles. The first-order chi connectivity index (χ1) is 10.6. The van der Waals surface area contributed by atoms with Crippen LogP contribution in [0.4, 0.5) is 0 Å². The quantitative estimate of drug-likeness (QED) is 0.404. The van der Waals surface area contributed by atoms with Gasteiger partial charge in [0, 0.05) is 14.2 Å². The van der Waals surface area contributed by atoms with Gasteiger partial charge in [-0.3, -0.25) is 9.59 Å². The Morgan fingerprint density at radius 2 is 1.13 bits per heavy atom. The van der Waals surface area contributed by atoms with E-state index in [0.29, 0.717) is 0 Å². The van der Waals surface area contributed by atoms with E-state index in [1.165, 1.54) is 14.2 Å². The summed E-state index contributed by atoms with van der Waals surface area (Å²) >= 11 is 25.9. The van der Waals surface area contributed by atoms with Crippen LogP contribution in [0.2, 0.25) is 0 Å². The normalized spacial score (nSPS) is 37.9. The molecule has 10 heteroatoms. The fourth-order valence-corrected chi connectivity index (χ4v) is 5.70. The Bertz CT molecular complexity index is 543. The molecule has 6 nitrogen and oxygen atoms in total. The Kier molecular flexibility index (Phi) is 4.92. The molecule has 0 aromatic heterocycles. The van der Waals surface area contributed by atoms with Crippen LogP contribution in [-0.4, -0.2) is 55.9 Å². The minimum absolute atomic E-state index is 0.143. The fourth-order valence-electron chi connectivity index (χ4n) is 3.54. The summed E-state index contributed by atoms with van der Waals surface area (Å²) in [4.78, 5) is 21.0. The van der Waals surface area contributed by atoms with Crippen LogP contribution in [0.3, 0.4) is 0 Å². The van der Waals surface area contributed by atoms with Gasteiger partial charge in [0.05, 0.1) is 24.3 Å². The minimum atomic E-state index is -1.88. The Morgan fingerprint density at radius 3 is 1.35 bits per heavy atom. The van der Waals surface area contributed by atoms with Crippen LogP contribution in [0.15, 0.2) is 10.1 Å². The smallest absolute Gasteiger partial charge is 0.312 e. The lowest BCUT2D eigenvalue weighted by Crippen LogP contribution is -2.58. The molecule has 0 saturated heterocycles. The highest BCUT2D eigenvalue weighted by molar-refractivity contribution is 6.53. The van der Waals surface area contributed by atoms with Gasteiger partial charge in [0.2, 0.25) is 5.79 Å². The average molecular weight is 408 g/mol. The van der Waals surface area contributed by atoms with Crippen LogP contribution in [0, 0.1) is 11.8 Å². The number of methoxy groups -OCH3 is 4. The molecule has 0 radical (unpaired) electrons. The summed E-state index contributed by atoms with van der Waals surface area (Å²) in [6.07, 6.45) is 0. The highest BCUT2D eigenvalue weighted by Crippen LogP contribution is 2.74. The maximum atomic E-state index is 12.3. The Morgan fingerprint density at radius 1 is 0.826 bits per heavy atom. The van der Waals surface area contributed by atoms with Crippen LogP contribution < -0.4 is 0 Å². The van der Waals surface area contributed by atoms with E-state index in [1.54, 1.807) is 0 Å². The zero-order valence-corrected chi connectivity index (χ0v) is 15.6. The molecule has 0 unspecified atom stereocenters. The van der Waals surface area contributed by atoms with Gasteiger partial charge in [0.15, 0.2) is 9.75 Å². The van der Waals surface area contributed by atoms with E-state index in [1.807, 2.05) is 0 Å². The second-order valence-electron chi connectivity index (χ2n) is 5.08. The predicted octanol–water partition coefficient (Wildman–Crippen LogP) is 2.23. The van der Waals surface area contributed by atoms with E-state index in [9.17, 15) is 9.59 Å². The lowest BCUT2D eigenvalue weighted by molar-refractivity contribution is -0.221. The molecule has 0 N–H and O–H groups in total. The molecule has 23 heavy (non-hydrogen) atoms. The highest BCUT2D eigenvalue weighted by atomic mass is 35.5. The number of hydrogen-bond donors (Lipinski definition) is 0. The molecule has 2 bridgehead atoms. The Hall–Kier alpha value is -0.240. The van der Waals surface area contributed by atoms with Gasteiger partial charge in [0.25, 0.3) is 0 Å². The van der Waals surface area contributed by atoms with Crippen molar-refractivity contribution in [2.75, 3.05) is 28.4 Å². The Balaban J connectivity index is 2.86. The van der Waals surface area contributed by atoms with E-state index in [0.717, 1.165) is 14.2 Å². The summed E-state index contributed by atoms with van der Waals surface area (Å²) in [6, 6.07) is 0. The van der Waals surface area contributed by atoms with Gasteiger partial charge in [-0.2, -0.15) is 0 Å². The molecular weight excluding hydrogens is 394 g/mol. The molecule has 2 aliphatic carbocycles. The summed E-state index contributed by atoms with van der Waals surface area (Å²) in [5.74, 6) is -6.17. The number of carbonyl (C=O) groups excluding carboxylic acids is 2. The molecule has 4 atom stereocenters. The highest BCUT2D eigenvalue weighted by Gasteiger charge is 2.88. The van der Waals surface area contributed by atoms with Gasteiger partial charge in [-0.05, 0) is 0 Å². The van der Waals surface area contributed by atoms with Crippen LogP contribution in [0.5, 0.6) is 0 Å². The van der Waals surface area contributed by atoms with E-state index in [-0.39, 0.29) is 10.1 Å². The molecule has 2 rings (SSSR count). The van der Waals surface area contributed by atoms with E-state index in [4.69, 9.17) is 65.4 Å². The number of rotatable bonds is 4. The maximum Gasteiger partial charge on any atom is 0.312 e. The molecule has 0 aromatic rings. The lowest BCUT2D eigenvalue weighted by Gasteiger charge is -2.40. The minimum Gasteiger partial charge on any atom is -0.469 e. The third-order valence-electron chi connectivity index (χ3n) is 4.47. The second-order valence-corrected chi connectivity index (χ2v) is 7.03. The molecule has 0 aliphatic heterocycles. The van der Waals surface area contributed by atoms with Gasteiger partial charge >= 0.3 is 11.9 Å². The number of halogens is 4. The largest absolute Gasteiger partial charge is 0.469 e. The van der Waals surface area contributed by atoms with Crippen molar-refractivity contribution in [3.63, 3.8) is 0 Å². The fraction of sp³-hybridized carbons (Fsp3) is 0.692. The number of alkyl halides is 2. The van der Waals surface area contributed by atoms with Crippen molar-refractivity contribution in [1.82, 2.24) is 0 Å². The van der Waals surface area contributed by atoms with Gasteiger partial charge in [-0.25, -0.2) is 0 Å². The number of carbonyl (C=O) groups is 2. The van der Waals surface area contributed by atoms with E-state index < -0.39 is 39.3 Å². The molecule has 0 aromatic carbocycles. The number of hydrogen-bond acceptors (Lipinski definition) is 6. The van der Waals surface area contributed by atoms with E-state index in [2.05, 4.69) is 0 Å². The first-order valence-corrected chi connectivity index (χ1v) is 7.86. The molecule has 1 fully saturated rings. The van der Waals surface area contributed by atoms with Crippen molar-refractivity contribution in [3.05, 3.63) is 10.1 Å². The standard InChI is InChI=1S/C13H14Cl4O6/c1-20-9(18)5-6(10(19)21-2)12(17)8(15)7(14)11(5,16)13(12,22-3)23-4/h5-6H,1-4H3/t5-,6-,11-,12+/m0/s1. The molecular formula is C13H14Cl4O6. The van der Waals surface area contributed by atoms with Crippen molar-refractivity contribution in [2.45, 2.75) is 15.5 Å². The van der Waals surface area contributed by atoms with Gasteiger partial charge in [0.1, 0.15) is 11.8 Å². The van der Waals surface area contributed by atoms with Crippen molar-refractivity contribution in [1.29, 1.82) is 0 Å². The van der Waals surface area contributed by atoms with Gasteiger partial charge < -0.3 is 18.9 Å². The second kappa shape index (κ2) is 5.93. The molecule has 130 valence electrons. The molecule has 0 spiro atoms. The van der Waals surface area contributed by atoms with Crippen molar-refractivity contribution >= 4 is 58.3 Å².